The highest BCUT2D eigenvalue weighted by atomic mass is 19.1. The van der Waals surface area contributed by atoms with Crippen molar-refractivity contribution < 1.29 is 19.7 Å². The molecule has 2 atom stereocenters. The topological polar surface area (TPSA) is 65.6 Å². The van der Waals surface area contributed by atoms with Crippen molar-refractivity contribution in [3.05, 3.63) is 77.7 Å². The first kappa shape index (κ1) is 25.9. The Morgan fingerprint density at radius 2 is 1.65 bits per heavy atom. The third-order valence-electron chi connectivity index (χ3n) is 5.98. The lowest BCUT2D eigenvalue weighted by Gasteiger charge is -2.16. The van der Waals surface area contributed by atoms with E-state index in [0.717, 1.165) is 46.6 Å². The van der Waals surface area contributed by atoms with Crippen LogP contribution in [0, 0.1) is 5.82 Å². The summed E-state index contributed by atoms with van der Waals surface area (Å²) in [5.41, 5.74) is 6.21. The van der Waals surface area contributed by atoms with Crippen LogP contribution in [-0.2, 0) is 6.54 Å². The van der Waals surface area contributed by atoms with Crippen LogP contribution in [0.15, 0.2) is 60.7 Å². The van der Waals surface area contributed by atoms with Gasteiger partial charge in [-0.25, -0.2) is 4.39 Å². The molecule has 0 saturated carbocycles. The quantitative estimate of drug-likeness (QED) is 0.325. The molecular weight excluding hydrogens is 429 g/mol. The fraction of sp³-hybridized carbons (Fsp3) is 0.379. The molecule has 1 heterocycles. The Kier molecular flexibility index (Phi) is 9.22. The van der Waals surface area contributed by atoms with Gasteiger partial charge in [-0.15, -0.1) is 0 Å². The maximum Gasteiger partial charge on any atom is 0.123 e. The molecule has 0 aliphatic rings. The average molecular weight is 466 g/mol. The average Bonchev–Trinajstić information content (AvgIpc) is 3.13. The van der Waals surface area contributed by atoms with Crippen LogP contribution in [0.1, 0.15) is 57.2 Å². The Bertz CT molecular complexity index is 1070. The van der Waals surface area contributed by atoms with Crippen LogP contribution >= 0.6 is 0 Å². The van der Waals surface area contributed by atoms with Gasteiger partial charge in [0, 0.05) is 36.4 Å². The minimum absolute atomic E-state index is 0.121. The summed E-state index contributed by atoms with van der Waals surface area (Å²) in [4.78, 5) is 0. The number of rotatable bonds is 11. The van der Waals surface area contributed by atoms with Crippen LogP contribution in [0.5, 0.6) is 0 Å². The maximum atomic E-state index is 13.8. The number of aliphatic hydroxyl groups excluding tert-OH is 3. The van der Waals surface area contributed by atoms with Gasteiger partial charge in [-0.2, -0.15) is 0 Å². The molecule has 0 spiro atoms. The lowest BCUT2D eigenvalue weighted by atomic mass is 9.94. The summed E-state index contributed by atoms with van der Waals surface area (Å²) in [7, 11) is 0. The number of benzene rings is 2. The molecule has 3 aromatic rings. The SMILES string of the molecule is CCCn1c(-c2ccccc2)c(-c2ccc(F)cc2)c(/C=C/C(O)CC(O)CCO)c1C(C)C. The van der Waals surface area contributed by atoms with Crippen molar-refractivity contribution in [2.75, 3.05) is 6.61 Å². The molecule has 0 bridgehead atoms. The molecule has 0 amide bonds. The second-order valence-electron chi connectivity index (χ2n) is 9.03. The highest BCUT2D eigenvalue weighted by Crippen LogP contribution is 2.43. The van der Waals surface area contributed by atoms with E-state index in [0.29, 0.717) is 0 Å². The number of aliphatic hydroxyl groups is 3. The molecule has 2 aromatic carbocycles. The highest BCUT2D eigenvalue weighted by molar-refractivity contribution is 5.90. The first-order valence-corrected chi connectivity index (χ1v) is 12.1. The maximum absolute atomic E-state index is 13.8. The minimum atomic E-state index is -0.850. The van der Waals surface area contributed by atoms with E-state index >= 15 is 0 Å². The van der Waals surface area contributed by atoms with Crippen molar-refractivity contribution in [2.24, 2.45) is 0 Å². The van der Waals surface area contributed by atoms with E-state index in [1.54, 1.807) is 18.2 Å². The van der Waals surface area contributed by atoms with Gasteiger partial charge in [-0.1, -0.05) is 75.4 Å². The molecule has 0 radical (unpaired) electrons. The molecule has 0 fully saturated rings. The smallest absolute Gasteiger partial charge is 0.123 e. The molecular formula is C29H36FNO3. The molecule has 4 nitrogen and oxygen atoms in total. The van der Waals surface area contributed by atoms with Crippen molar-refractivity contribution in [1.82, 2.24) is 4.57 Å². The van der Waals surface area contributed by atoms with Crippen LogP contribution in [0.3, 0.4) is 0 Å². The number of nitrogens with zero attached hydrogens (tertiary/aromatic N) is 1. The zero-order valence-corrected chi connectivity index (χ0v) is 20.3. The molecule has 0 aliphatic heterocycles. The number of aromatic nitrogens is 1. The predicted octanol–water partition coefficient (Wildman–Crippen LogP) is 6.00. The molecule has 3 N–H and O–H groups in total. The van der Waals surface area contributed by atoms with Crippen molar-refractivity contribution in [2.45, 2.75) is 64.7 Å². The van der Waals surface area contributed by atoms with Crippen LogP contribution in [-0.4, -0.2) is 38.7 Å². The zero-order valence-electron chi connectivity index (χ0n) is 20.3. The minimum Gasteiger partial charge on any atom is -0.396 e. The van der Waals surface area contributed by atoms with Crippen molar-refractivity contribution in [3.63, 3.8) is 0 Å². The normalized spacial score (nSPS) is 13.6. The van der Waals surface area contributed by atoms with E-state index in [-0.39, 0.29) is 31.2 Å². The van der Waals surface area contributed by atoms with Crippen molar-refractivity contribution in [3.8, 4) is 22.4 Å². The second-order valence-corrected chi connectivity index (χ2v) is 9.03. The number of hydrogen-bond acceptors (Lipinski definition) is 3. The highest BCUT2D eigenvalue weighted by Gasteiger charge is 2.25. The molecule has 0 saturated heterocycles. The molecule has 0 aliphatic carbocycles. The van der Waals surface area contributed by atoms with Gasteiger partial charge in [-0.05, 0) is 42.0 Å². The summed E-state index contributed by atoms with van der Waals surface area (Å²) >= 11 is 0. The van der Waals surface area contributed by atoms with Crippen LogP contribution in [0.2, 0.25) is 0 Å². The third kappa shape index (κ3) is 6.03. The molecule has 3 rings (SSSR count). The Balaban J connectivity index is 2.25. The van der Waals surface area contributed by atoms with Gasteiger partial charge in [0.15, 0.2) is 0 Å². The summed E-state index contributed by atoms with van der Waals surface area (Å²) in [6, 6.07) is 16.8. The predicted molar refractivity (Wildman–Crippen MR) is 137 cm³/mol. The Morgan fingerprint density at radius 1 is 0.971 bits per heavy atom. The molecule has 1 aromatic heterocycles. The van der Waals surface area contributed by atoms with Crippen LogP contribution < -0.4 is 0 Å². The van der Waals surface area contributed by atoms with E-state index in [1.165, 1.54) is 12.1 Å². The summed E-state index contributed by atoms with van der Waals surface area (Å²) in [5, 5.41) is 29.6. The van der Waals surface area contributed by atoms with E-state index < -0.39 is 12.2 Å². The van der Waals surface area contributed by atoms with E-state index in [9.17, 15) is 14.6 Å². The van der Waals surface area contributed by atoms with E-state index in [1.807, 2.05) is 24.3 Å². The molecule has 182 valence electrons. The van der Waals surface area contributed by atoms with E-state index in [4.69, 9.17) is 5.11 Å². The standard InChI is InChI=1S/C29H36FNO3/c1-4-17-31-28(20(2)3)26(15-14-24(33)19-25(34)16-18-32)27(21-10-12-23(30)13-11-21)29(31)22-8-6-5-7-9-22/h5-15,20,24-25,32-34H,4,16-19H2,1-3H3/b15-14+. The number of hydrogen-bond donors (Lipinski definition) is 3. The van der Waals surface area contributed by atoms with E-state index in [2.05, 4.69) is 37.5 Å². The van der Waals surface area contributed by atoms with Gasteiger partial charge < -0.3 is 19.9 Å². The van der Waals surface area contributed by atoms with Gasteiger partial charge in [0.05, 0.1) is 17.9 Å². The van der Waals surface area contributed by atoms with Gasteiger partial charge >= 0.3 is 0 Å². The fourth-order valence-corrected chi connectivity index (χ4v) is 4.54. The summed E-state index contributed by atoms with van der Waals surface area (Å²) < 4.78 is 16.2. The number of halogens is 1. The Morgan fingerprint density at radius 3 is 2.24 bits per heavy atom. The fourth-order valence-electron chi connectivity index (χ4n) is 4.54. The summed E-state index contributed by atoms with van der Waals surface area (Å²) in [5.74, 6) is -0.0764. The zero-order chi connectivity index (χ0) is 24.7. The third-order valence-corrected chi connectivity index (χ3v) is 5.98. The molecule has 2 unspecified atom stereocenters. The summed E-state index contributed by atoms with van der Waals surface area (Å²) in [6.07, 6.45) is 3.36. The molecule has 5 heteroatoms. The van der Waals surface area contributed by atoms with Gasteiger partial charge in [-0.3, -0.25) is 0 Å². The largest absolute Gasteiger partial charge is 0.396 e. The second kappa shape index (κ2) is 12.1. The van der Waals surface area contributed by atoms with Crippen molar-refractivity contribution >= 4 is 6.08 Å². The lowest BCUT2D eigenvalue weighted by Crippen LogP contribution is -2.16. The Hall–Kier alpha value is -2.73. The summed E-state index contributed by atoms with van der Waals surface area (Å²) in [6.45, 7) is 7.17. The molecule has 34 heavy (non-hydrogen) atoms. The lowest BCUT2D eigenvalue weighted by molar-refractivity contribution is 0.0827. The van der Waals surface area contributed by atoms with Crippen LogP contribution in [0.25, 0.3) is 28.5 Å². The first-order valence-electron chi connectivity index (χ1n) is 12.1. The van der Waals surface area contributed by atoms with Gasteiger partial charge in [0.2, 0.25) is 0 Å². The van der Waals surface area contributed by atoms with Gasteiger partial charge in [0.25, 0.3) is 0 Å². The van der Waals surface area contributed by atoms with Crippen LogP contribution in [0.4, 0.5) is 4.39 Å². The Labute approximate surface area is 202 Å². The first-order chi connectivity index (χ1) is 16.4. The van der Waals surface area contributed by atoms with Gasteiger partial charge in [0.1, 0.15) is 5.82 Å². The van der Waals surface area contributed by atoms with Crippen molar-refractivity contribution in [1.29, 1.82) is 0 Å². The monoisotopic (exact) mass is 465 g/mol.